The van der Waals surface area contributed by atoms with Gasteiger partial charge >= 0.3 is 0 Å². The third kappa shape index (κ3) is 4.09. The Morgan fingerprint density at radius 1 is 0.838 bits per heavy atom. The van der Waals surface area contributed by atoms with E-state index < -0.39 is 11.8 Å². The molecule has 184 valence electrons. The van der Waals surface area contributed by atoms with Crippen LogP contribution < -0.4 is 10.1 Å². The fourth-order valence-electron chi connectivity index (χ4n) is 4.98. The van der Waals surface area contributed by atoms with Crippen LogP contribution >= 0.6 is 0 Å². The lowest BCUT2D eigenvalue weighted by Gasteiger charge is -2.08. The molecule has 0 atom stereocenters. The van der Waals surface area contributed by atoms with Crippen molar-refractivity contribution >= 4 is 44.8 Å². The number of aromatic nitrogens is 2. The summed E-state index contributed by atoms with van der Waals surface area (Å²) < 4.78 is 8.05. The van der Waals surface area contributed by atoms with Gasteiger partial charge in [-0.25, -0.2) is 0 Å². The quantitative estimate of drug-likeness (QED) is 0.275. The second-order valence-electron chi connectivity index (χ2n) is 9.05. The van der Waals surface area contributed by atoms with Crippen LogP contribution in [0.15, 0.2) is 85.2 Å². The number of hydrogen-bond donors (Lipinski definition) is 3. The zero-order chi connectivity index (χ0) is 25.4. The van der Waals surface area contributed by atoms with Crippen LogP contribution in [0, 0.1) is 0 Å². The van der Waals surface area contributed by atoms with Crippen LogP contribution in [0.1, 0.15) is 23.1 Å². The molecule has 0 saturated carbocycles. The van der Waals surface area contributed by atoms with Crippen molar-refractivity contribution in [1.82, 2.24) is 14.9 Å². The number of nitrogens with zero attached hydrogens (tertiary/aromatic N) is 1. The predicted octanol–water partition coefficient (Wildman–Crippen LogP) is 4.65. The summed E-state index contributed by atoms with van der Waals surface area (Å²) in [5, 5.41) is 13.7. The Labute approximate surface area is 213 Å². The Hall–Kier alpha value is -4.62. The SMILES string of the molecule is O=C1NC(=O)C(c2cn(CCCO)c3cc(OCc4ccccc4)ccc23)=C1c1c[nH]c2ccccc12. The molecule has 7 heteroatoms. The molecule has 0 radical (unpaired) electrons. The highest BCUT2D eigenvalue weighted by molar-refractivity contribution is 6.50. The van der Waals surface area contributed by atoms with E-state index in [9.17, 15) is 14.7 Å². The number of hydrogen-bond acceptors (Lipinski definition) is 4. The summed E-state index contributed by atoms with van der Waals surface area (Å²) in [6.45, 7) is 1.03. The van der Waals surface area contributed by atoms with Gasteiger partial charge in [-0.2, -0.15) is 0 Å². The van der Waals surface area contributed by atoms with E-state index in [0.29, 0.717) is 47.6 Å². The lowest BCUT2D eigenvalue weighted by atomic mass is 9.95. The number of aliphatic hydroxyl groups is 1. The van der Waals surface area contributed by atoms with Gasteiger partial charge in [-0.15, -0.1) is 0 Å². The number of imide groups is 1. The van der Waals surface area contributed by atoms with Gasteiger partial charge in [0.2, 0.25) is 0 Å². The van der Waals surface area contributed by atoms with Crippen molar-refractivity contribution in [2.24, 2.45) is 0 Å². The lowest BCUT2D eigenvalue weighted by molar-refractivity contribution is -0.122. The summed E-state index contributed by atoms with van der Waals surface area (Å²) in [7, 11) is 0. The van der Waals surface area contributed by atoms with Crippen LogP contribution in [0.3, 0.4) is 0 Å². The van der Waals surface area contributed by atoms with Gasteiger partial charge in [0.15, 0.2) is 0 Å². The number of nitrogens with one attached hydrogen (secondary N) is 2. The third-order valence-electron chi connectivity index (χ3n) is 6.72. The zero-order valence-electron chi connectivity index (χ0n) is 20.0. The highest BCUT2D eigenvalue weighted by atomic mass is 16.5. The number of amides is 2. The molecular weight excluding hydrogens is 466 g/mol. The fourth-order valence-corrected chi connectivity index (χ4v) is 4.98. The molecule has 6 rings (SSSR count). The highest BCUT2D eigenvalue weighted by Crippen LogP contribution is 2.39. The van der Waals surface area contributed by atoms with Gasteiger partial charge in [0.25, 0.3) is 11.8 Å². The van der Waals surface area contributed by atoms with Crippen molar-refractivity contribution in [1.29, 1.82) is 0 Å². The molecule has 1 aliphatic rings. The Morgan fingerprint density at radius 3 is 2.41 bits per heavy atom. The number of aromatic amines is 1. The summed E-state index contributed by atoms with van der Waals surface area (Å²) in [5.41, 5.74) is 4.88. The number of aliphatic hydroxyl groups excluding tert-OH is 1. The van der Waals surface area contributed by atoms with Crippen LogP contribution in [0.5, 0.6) is 5.75 Å². The van der Waals surface area contributed by atoms with Gasteiger partial charge in [-0.3, -0.25) is 14.9 Å². The van der Waals surface area contributed by atoms with Gasteiger partial charge in [0.05, 0.1) is 16.7 Å². The molecular formula is C30H25N3O4. The van der Waals surface area contributed by atoms with E-state index in [0.717, 1.165) is 27.4 Å². The maximum atomic E-state index is 13.1. The molecule has 3 heterocycles. The number of aryl methyl sites for hydroxylation is 1. The first kappa shape index (κ1) is 22.8. The summed E-state index contributed by atoms with van der Waals surface area (Å²) >= 11 is 0. The Kier molecular flexibility index (Phi) is 5.82. The number of carbonyl (C=O) groups excluding carboxylic acids is 2. The predicted molar refractivity (Wildman–Crippen MR) is 143 cm³/mol. The topological polar surface area (TPSA) is 96.3 Å². The van der Waals surface area contributed by atoms with Crippen LogP contribution in [0.4, 0.5) is 0 Å². The number of benzene rings is 3. The molecule has 3 aromatic carbocycles. The molecule has 2 amide bonds. The number of ether oxygens (including phenoxy) is 1. The molecule has 5 aromatic rings. The molecule has 2 aromatic heterocycles. The van der Waals surface area contributed by atoms with Gasteiger partial charge in [-0.1, -0.05) is 48.5 Å². The maximum Gasteiger partial charge on any atom is 0.259 e. The largest absolute Gasteiger partial charge is 0.489 e. The van der Waals surface area contributed by atoms with Crippen molar-refractivity contribution in [3.8, 4) is 5.75 Å². The molecule has 0 unspecified atom stereocenters. The van der Waals surface area contributed by atoms with Crippen LogP contribution in [-0.4, -0.2) is 33.1 Å². The van der Waals surface area contributed by atoms with Crippen LogP contribution in [0.25, 0.3) is 33.0 Å². The Morgan fingerprint density at radius 2 is 1.59 bits per heavy atom. The first-order valence-corrected chi connectivity index (χ1v) is 12.2. The average molecular weight is 492 g/mol. The standard InChI is InChI=1S/C30H25N3O4/c34-14-6-13-33-17-24(22-12-11-20(15-26(22)33)37-18-19-7-2-1-3-8-19)28-27(29(35)32-30(28)36)23-16-31-25-10-5-4-9-21(23)25/h1-5,7-12,15-17,31,34H,6,13-14,18H2,(H,32,35,36). The van der Waals surface area contributed by atoms with Crippen molar-refractivity contribution in [3.63, 3.8) is 0 Å². The lowest BCUT2D eigenvalue weighted by Crippen LogP contribution is -2.22. The van der Waals surface area contributed by atoms with Gasteiger partial charge in [0, 0.05) is 59.0 Å². The summed E-state index contributed by atoms with van der Waals surface area (Å²) in [5.74, 6) is -0.135. The van der Waals surface area contributed by atoms with Crippen LogP contribution in [-0.2, 0) is 22.7 Å². The summed E-state index contributed by atoms with van der Waals surface area (Å²) in [6.07, 6.45) is 4.22. The number of carbonyl (C=O) groups is 2. The van der Waals surface area contributed by atoms with Crippen molar-refractivity contribution in [3.05, 3.63) is 102 Å². The van der Waals surface area contributed by atoms with E-state index in [2.05, 4.69) is 10.3 Å². The third-order valence-corrected chi connectivity index (χ3v) is 6.72. The summed E-state index contributed by atoms with van der Waals surface area (Å²) in [6, 6.07) is 23.4. The van der Waals surface area contributed by atoms with E-state index in [1.165, 1.54) is 0 Å². The maximum absolute atomic E-state index is 13.1. The fraction of sp³-hybridized carbons (Fsp3) is 0.133. The molecule has 1 aliphatic heterocycles. The van der Waals surface area contributed by atoms with E-state index in [1.807, 2.05) is 83.6 Å². The summed E-state index contributed by atoms with van der Waals surface area (Å²) in [4.78, 5) is 29.4. The minimum absolute atomic E-state index is 0.0431. The zero-order valence-corrected chi connectivity index (χ0v) is 20.0. The van der Waals surface area contributed by atoms with E-state index in [4.69, 9.17) is 4.74 Å². The first-order valence-electron chi connectivity index (χ1n) is 12.2. The van der Waals surface area contributed by atoms with Gasteiger partial charge < -0.3 is 19.4 Å². The van der Waals surface area contributed by atoms with Crippen molar-refractivity contribution in [2.75, 3.05) is 6.61 Å². The minimum atomic E-state index is -0.420. The van der Waals surface area contributed by atoms with Crippen LogP contribution in [0.2, 0.25) is 0 Å². The van der Waals surface area contributed by atoms with Gasteiger partial charge in [0.1, 0.15) is 12.4 Å². The average Bonchev–Trinajstić information content (AvgIpc) is 3.59. The van der Waals surface area contributed by atoms with Crippen molar-refractivity contribution in [2.45, 2.75) is 19.6 Å². The second kappa shape index (κ2) is 9.44. The van der Waals surface area contributed by atoms with Crippen molar-refractivity contribution < 1.29 is 19.4 Å². The van der Waals surface area contributed by atoms with E-state index in [-0.39, 0.29) is 6.61 Å². The molecule has 0 aliphatic carbocycles. The monoisotopic (exact) mass is 491 g/mol. The number of rotatable bonds is 8. The Balaban J connectivity index is 1.48. The molecule has 7 nitrogen and oxygen atoms in total. The number of para-hydroxylation sites is 1. The minimum Gasteiger partial charge on any atom is -0.489 e. The smallest absolute Gasteiger partial charge is 0.259 e. The molecule has 0 saturated heterocycles. The molecule has 3 N–H and O–H groups in total. The first-order chi connectivity index (χ1) is 18.1. The Bertz CT molecular complexity index is 1680. The normalized spacial score (nSPS) is 13.6. The number of fused-ring (bicyclic) bond motifs is 2. The highest BCUT2D eigenvalue weighted by Gasteiger charge is 2.35. The van der Waals surface area contributed by atoms with E-state index in [1.54, 1.807) is 6.20 Å². The molecule has 37 heavy (non-hydrogen) atoms. The number of H-pyrrole nitrogens is 1. The molecule has 0 bridgehead atoms. The van der Waals surface area contributed by atoms with Gasteiger partial charge in [-0.05, 0) is 30.2 Å². The van der Waals surface area contributed by atoms with E-state index >= 15 is 0 Å². The molecule has 0 spiro atoms. The second-order valence-corrected chi connectivity index (χ2v) is 9.05. The molecule has 0 fully saturated rings.